The van der Waals surface area contributed by atoms with Crippen molar-refractivity contribution in [1.29, 1.82) is 0 Å². The summed E-state index contributed by atoms with van der Waals surface area (Å²) < 4.78 is 71.8. The Hall–Kier alpha value is 0.260. The van der Waals surface area contributed by atoms with Crippen LogP contribution < -0.4 is 0 Å². The molecule has 0 aliphatic carbocycles. The second-order valence-electron chi connectivity index (χ2n) is 4.27. The summed E-state index contributed by atoms with van der Waals surface area (Å²) in [6.45, 7) is 2.51. The third kappa shape index (κ3) is 2.15. The standard InChI is InChI=1S/C8H10F5IO3/c1-4(2)6(9,10)7(15,8(11,12)13)17-5(3,14)16-4/h15H,1-3H3. The highest BCUT2D eigenvalue weighted by Crippen LogP contribution is 2.56. The van der Waals surface area contributed by atoms with Gasteiger partial charge in [-0.05, 0) is 43.4 Å². The number of ether oxygens (including phenoxy) is 2. The van der Waals surface area contributed by atoms with Crippen LogP contribution in [0.5, 0.6) is 0 Å². The molecule has 1 heterocycles. The molecule has 1 fully saturated rings. The summed E-state index contributed by atoms with van der Waals surface area (Å²) in [5, 5.41) is 9.22. The molecule has 17 heavy (non-hydrogen) atoms. The van der Waals surface area contributed by atoms with E-state index in [9.17, 15) is 27.1 Å². The average molecular weight is 376 g/mol. The Balaban J connectivity index is 3.37. The Labute approximate surface area is 107 Å². The van der Waals surface area contributed by atoms with Crippen molar-refractivity contribution >= 4 is 22.6 Å². The first-order chi connectivity index (χ1) is 7.16. The Morgan fingerprint density at radius 1 is 1.06 bits per heavy atom. The second kappa shape index (κ2) is 3.64. The first-order valence-corrected chi connectivity index (χ1v) is 5.50. The Morgan fingerprint density at radius 2 is 1.47 bits per heavy atom. The average Bonchev–Trinajstić information content (AvgIpc) is 1.95. The van der Waals surface area contributed by atoms with Gasteiger partial charge < -0.3 is 9.84 Å². The van der Waals surface area contributed by atoms with E-state index in [2.05, 4.69) is 4.74 Å². The molecular formula is C8H10F5IO3. The zero-order valence-electron chi connectivity index (χ0n) is 9.03. The molecule has 1 saturated heterocycles. The van der Waals surface area contributed by atoms with Gasteiger partial charge in [0.2, 0.25) is 3.79 Å². The maximum atomic E-state index is 13.6. The highest BCUT2D eigenvalue weighted by molar-refractivity contribution is 14.1. The molecule has 0 bridgehead atoms. The van der Waals surface area contributed by atoms with Crippen LogP contribution in [0.3, 0.4) is 0 Å². The van der Waals surface area contributed by atoms with E-state index in [1.807, 2.05) is 0 Å². The molecule has 2 atom stereocenters. The summed E-state index contributed by atoms with van der Waals surface area (Å²) in [7, 11) is 0. The lowest BCUT2D eigenvalue weighted by Crippen LogP contribution is -2.75. The van der Waals surface area contributed by atoms with Crippen molar-refractivity contribution in [1.82, 2.24) is 0 Å². The summed E-state index contributed by atoms with van der Waals surface area (Å²) in [5.74, 6) is -9.24. The zero-order valence-corrected chi connectivity index (χ0v) is 11.2. The fourth-order valence-electron chi connectivity index (χ4n) is 1.51. The van der Waals surface area contributed by atoms with Crippen molar-refractivity contribution in [2.24, 2.45) is 0 Å². The largest absolute Gasteiger partial charge is 0.449 e. The van der Waals surface area contributed by atoms with Crippen LogP contribution in [0.25, 0.3) is 0 Å². The second-order valence-corrected chi connectivity index (χ2v) is 6.23. The van der Waals surface area contributed by atoms with Gasteiger partial charge in [0, 0.05) is 0 Å². The van der Waals surface area contributed by atoms with Crippen molar-refractivity contribution in [2.45, 2.75) is 48.1 Å². The van der Waals surface area contributed by atoms with Crippen LogP contribution in [0.1, 0.15) is 20.8 Å². The van der Waals surface area contributed by atoms with E-state index in [0.29, 0.717) is 0 Å². The lowest BCUT2D eigenvalue weighted by atomic mass is 9.90. The summed E-state index contributed by atoms with van der Waals surface area (Å²) in [4.78, 5) is 0. The van der Waals surface area contributed by atoms with Gasteiger partial charge in [-0.25, -0.2) is 0 Å². The molecule has 0 spiro atoms. The molecule has 0 radical (unpaired) electrons. The molecule has 1 rings (SSSR count). The van der Waals surface area contributed by atoms with Crippen molar-refractivity contribution in [3.05, 3.63) is 0 Å². The molecular weight excluding hydrogens is 366 g/mol. The van der Waals surface area contributed by atoms with E-state index in [4.69, 9.17) is 4.74 Å². The smallest absolute Gasteiger partial charge is 0.354 e. The fourth-order valence-corrected chi connectivity index (χ4v) is 2.38. The van der Waals surface area contributed by atoms with Gasteiger partial charge in [0.05, 0.1) is 0 Å². The summed E-state index contributed by atoms with van der Waals surface area (Å²) in [6.07, 6.45) is -5.65. The predicted molar refractivity (Wildman–Crippen MR) is 54.6 cm³/mol. The molecule has 102 valence electrons. The minimum Gasteiger partial charge on any atom is -0.354 e. The third-order valence-corrected chi connectivity index (χ3v) is 2.77. The van der Waals surface area contributed by atoms with E-state index < -0.39 is 27.3 Å². The van der Waals surface area contributed by atoms with E-state index in [1.165, 1.54) is 22.6 Å². The number of alkyl halides is 6. The van der Waals surface area contributed by atoms with Crippen molar-refractivity contribution in [2.75, 3.05) is 0 Å². The summed E-state index contributed by atoms with van der Waals surface area (Å²) >= 11 is 1.26. The van der Waals surface area contributed by atoms with Crippen LogP contribution >= 0.6 is 22.6 Å². The fraction of sp³-hybridized carbons (Fsp3) is 1.00. The number of halogens is 6. The van der Waals surface area contributed by atoms with Gasteiger partial charge in [0.1, 0.15) is 5.60 Å². The van der Waals surface area contributed by atoms with Crippen LogP contribution in [0.2, 0.25) is 0 Å². The number of hydrogen-bond acceptors (Lipinski definition) is 3. The molecule has 3 nitrogen and oxygen atoms in total. The van der Waals surface area contributed by atoms with E-state index in [0.717, 1.165) is 20.8 Å². The van der Waals surface area contributed by atoms with Crippen molar-refractivity contribution in [3.8, 4) is 0 Å². The van der Waals surface area contributed by atoms with Crippen LogP contribution in [0, 0.1) is 0 Å². The zero-order chi connectivity index (χ0) is 13.9. The molecule has 0 aromatic heterocycles. The number of hydrogen-bond donors (Lipinski definition) is 1. The summed E-state index contributed by atoms with van der Waals surface area (Å²) in [5.41, 5.74) is -2.54. The maximum absolute atomic E-state index is 13.6. The molecule has 1 aliphatic heterocycles. The van der Waals surface area contributed by atoms with Crippen molar-refractivity contribution < 1.29 is 36.5 Å². The normalized spacial score (nSPS) is 41.3. The molecule has 1 aliphatic rings. The van der Waals surface area contributed by atoms with E-state index in [-0.39, 0.29) is 0 Å². The molecule has 0 aromatic carbocycles. The molecule has 9 heteroatoms. The lowest BCUT2D eigenvalue weighted by Gasteiger charge is -2.52. The highest BCUT2D eigenvalue weighted by atomic mass is 127. The minimum absolute atomic E-state index is 0.753. The Morgan fingerprint density at radius 3 is 1.82 bits per heavy atom. The lowest BCUT2D eigenvalue weighted by molar-refractivity contribution is -0.519. The topological polar surface area (TPSA) is 38.7 Å². The third-order valence-electron chi connectivity index (χ3n) is 2.33. The van der Waals surface area contributed by atoms with Gasteiger partial charge in [0.15, 0.2) is 0 Å². The summed E-state index contributed by atoms with van der Waals surface area (Å²) in [6, 6.07) is 0. The maximum Gasteiger partial charge on any atom is 0.449 e. The van der Waals surface area contributed by atoms with E-state index >= 15 is 0 Å². The van der Waals surface area contributed by atoms with E-state index in [1.54, 1.807) is 0 Å². The first-order valence-electron chi connectivity index (χ1n) is 4.42. The molecule has 1 N–H and O–H groups in total. The van der Waals surface area contributed by atoms with Gasteiger partial charge in [0.25, 0.3) is 0 Å². The highest BCUT2D eigenvalue weighted by Gasteiger charge is 2.80. The van der Waals surface area contributed by atoms with Crippen LogP contribution in [0.4, 0.5) is 22.0 Å². The van der Waals surface area contributed by atoms with Gasteiger partial charge >= 0.3 is 17.9 Å². The minimum atomic E-state index is -5.65. The molecule has 0 saturated carbocycles. The number of rotatable bonds is 0. The first kappa shape index (κ1) is 15.3. The monoisotopic (exact) mass is 376 g/mol. The van der Waals surface area contributed by atoms with Gasteiger partial charge in [-0.1, -0.05) is 0 Å². The molecule has 2 unspecified atom stereocenters. The van der Waals surface area contributed by atoms with Gasteiger partial charge in [-0.2, -0.15) is 22.0 Å². The van der Waals surface area contributed by atoms with Crippen LogP contribution in [0.15, 0.2) is 0 Å². The predicted octanol–water partition coefficient (Wildman–Crippen LogP) is 2.81. The Bertz CT molecular complexity index is 328. The quantitative estimate of drug-likeness (QED) is 0.402. The van der Waals surface area contributed by atoms with Crippen LogP contribution in [-0.4, -0.2) is 32.4 Å². The van der Waals surface area contributed by atoms with Crippen molar-refractivity contribution in [3.63, 3.8) is 0 Å². The Kier molecular flexibility index (Phi) is 3.28. The van der Waals surface area contributed by atoms with Gasteiger partial charge in [-0.3, -0.25) is 4.74 Å². The van der Waals surface area contributed by atoms with Gasteiger partial charge in [-0.15, -0.1) is 0 Å². The SMILES string of the molecule is CC1(I)OC(C)(C)C(F)(F)C(O)(C(F)(F)F)O1. The molecule has 0 aromatic rings. The molecule has 0 amide bonds. The van der Waals surface area contributed by atoms with Crippen LogP contribution in [-0.2, 0) is 9.47 Å². The number of aliphatic hydroxyl groups is 1.